The van der Waals surface area contributed by atoms with E-state index in [-0.39, 0.29) is 0 Å². The van der Waals surface area contributed by atoms with E-state index in [1.54, 1.807) is 11.3 Å². The van der Waals surface area contributed by atoms with Crippen LogP contribution in [0.2, 0.25) is 0 Å². The zero-order valence-electron chi connectivity index (χ0n) is 12.2. The second-order valence-electron chi connectivity index (χ2n) is 5.26. The minimum absolute atomic E-state index is 0.966. The molecule has 0 unspecified atom stereocenters. The van der Waals surface area contributed by atoms with E-state index in [0.717, 1.165) is 17.2 Å². The fraction of sp³-hybridized carbons (Fsp3) is 0.235. The first-order valence-corrected chi connectivity index (χ1v) is 7.63. The van der Waals surface area contributed by atoms with Gasteiger partial charge in [0, 0.05) is 21.5 Å². The third-order valence-electron chi connectivity index (χ3n) is 3.73. The van der Waals surface area contributed by atoms with Crippen LogP contribution in [0.25, 0.3) is 21.8 Å². The average molecular weight is 282 g/mol. The van der Waals surface area contributed by atoms with Gasteiger partial charge in [-0.15, -0.1) is 11.3 Å². The summed E-state index contributed by atoms with van der Waals surface area (Å²) < 4.78 is 0. The van der Waals surface area contributed by atoms with Crippen LogP contribution in [-0.4, -0.2) is 9.97 Å². The number of aryl methyl sites for hydroxylation is 4. The first kappa shape index (κ1) is 13.1. The smallest absolute Gasteiger partial charge is 0.138 e. The summed E-state index contributed by atoms with van der Waals surface area (Å²) in [6, 6.07) is 8.69. The maximum atomic E-state index is 4.58. The number of aromatic amines is 1. The van der Waals surface area contributed by atoms with Crippen LogP contribution < -0.4 is 0 Å². The second-order valence-corrected chi connectivity index (χ2v) is 6.17. The van der Waals surface area contributed by atoms with Gasteiger partial charge in [-0.2, -0.15) is 0 Å². The second kappa shape index (κ2) is 4.91. The van der Waals surface area contributed by atoms with Crippen LogP contribution in [0.15, 0.2) is 29.6 Å². The highest BCUT2D eigenvalue weighted by Gasteiger charge is 2.11. The van der Waals surface area contributed by atoms with E-state index >= 15 is 0 Å². The molecule has 0 bridgehead atoms. The molecule has 0 spiro atoms. The summed E-state index contributed by atoms with van der Waals surface area (Å²) in [7, 11) is 0. The number of imidazole rings is 1. The monoisotopic (exact) mass is 282 g/mol. The predicted octanol–water partition coefficient (Wildman–Crippen LogP) is 5.04. The van der Waals surface area contributed by atoms with Gasteiger partial charge in [0.2, 0.25) is 0 Å². The predicted molar refractivity (Wildman–Crippen MR) is 86.3 cm³/mol. The van der Waals surface area contributed by atoms with Crippen LogP contribution in [-0.2, 0) is 0 Å². The molecule has 0 saturated carbocycles. The number of nitrogens with one attached hydrogen (secondary N) is 1. The van der Waals surface area contributed by atoms with Gasteiger partial charge in [0.25, 0.3) is 0 Å². The fourth-order valence-corrected chi connectivity index (χ4v) is 3.55. The van der Waals surface area contributed by atoms with Crippen LogP contribution in [0.4, 0.5) is 0 Å². The molecule has 102 valence electrons. The molecule has 20 heavy (non-hydrogen) atoms. The Hall–Kier alpha value is -1.87. The van der Waals surface area contributed by atoms with Crippen molar-refractivity contribution in [2.24, 2.45) is 0 Å². The van der Waals surface area contributed by atoms with Gasteiger partial charge in [0.15, 0.2) is 0 Å². The molecule has 0 atom stereocenters. The molecular formula is C17H18N2S. The fourth-order valence-electron chi connectivity index (χ4n) is 2.48. The number of hydrogen-bond donors (Lipinski definition) is 1. The molecule has 3 aromatic rings. The molecule has 0 aliphatic heterocycles. The third-order valence-corrected chi connectivity index (χ3v) is 4.68. The molecule has 0 amide bonds. The van der Waals surface area contributed by atoms with E-state index < -0.39 is 0 Å². The Balaban J connectivity index is 2.06. The molecule has 0 aliphatic carbocycles. The van der Waals surface area contributed by atoms with Gasteiger partial charge in [-0.1, -0.05) is 18.2 Å². The number of rotatable bonds is 2. The number of nitrogens with zero attached hydrogens (tertiary/aromatic N) is 1. The Morgan fingerprint density at radius 3 is 2.35 bits per heavy atom. The van der Waals surface area contributed by atoms with Gasteiger partial charge in [-0.05, 0) is 50.5 Å². The molecule has 3 rings (SSSR count). The van der Waals surface area contributed by atoms with Crippen LogP contribution in [0.5, 0.6) is 0 Å². The quantitative estimate of drug-likeness (QED) is 0.701. The highest BCUT2D eigenvalue weighted by Crippen LogP contribution is 2.35. The molecular weight excluding hydrogens is 264 g/mol. The molecule has 2 heterocycles. The van der Waals surface area contributed by atoms with Gasteiger partial charge >= 0.3 is 0 Å². The minimum atomic E-state index is 0.966. The van der Waals surface area contributed by atoms with Crippen LogP contribution in [0, 0.1) is 27.7 Å². The van der Waals surface area contributed by atoms with Gasteiger partial charge < -0.3 is 4.98 Å². The third kappa shape index (κ3) is 2.18. The molecule has 0 aliphatic rings. The van der Waals surface area contributed by atoms with Gasteiger partial charge in [-0.3, -0.25) is 0 Å². The molecule has 2 aromatic heterocycles. The summed E-state index contributed by atoms with van der Waals surface area (Å²) in [5, 5.41) is 2.18. The number of H-pyrrole nitrogens is 1. The summed E-state index contributed by atoms with van der Waals surface area (Å²) in [5.41, 5.74) is 7.38. The van der Waals surface area contributed by atoms with Crippen molar-refractivity contribution in [2.45, 2.75) is 27.7 Å². The first-order chi connectivity index (χ1) is 9.56. The maximum Gasteiger partial charge on any atom is 0.138 e. The molecule has 0 fully saturated rings. The van der Waals surface area contributed by atoms with Crippen molar-refractivity contribution in [1.82, 2.24) is 9.97 Å². The van der Waals surface area contributed by atoms with Crippen molar-refractivity contribution in [3.8, 4) is 21.8 Å². The van der Waals surface area contributed by atoms with Crippen molar-refractivity contribution >= 4 is 11.3 Å². The summed E-state index contributed by atoms with van der Waals surface area (Å²) in [4.78, 5) is 9.24. The summed E-state index contributed by atoms with van der Waals surface area (Å²) in [5.74, 6) is 0.966. The number of benzene rings is 1. The molecule has 2 nitrogen and oxygen atoms in total. The van der Waals surface area contributed by atoms with Gasteiger partial charge in [-0.25, -0.2) is 4.98 Å². The van der Waals surface area contributed by atoms with Crippen molar-refractivity contribution in [3.63, 3.8) is 0 Å². The zero-order chi connectivity index (χ0) is 14.3. The topological polar surface area (TPSA) is 28.7 Å². The Kier molecular flexibility index (Phi) is 3.22. The van der Waals surface area contributed by atoms with Gasteiger partial charge in [0.05, 0.1) is 5.69 Å². The number of thiophene rings is 1. The van der Waals surface area contributed by atoms with Crippen molar-refractivity contribution in [3.05, 3.63) is 52.2 Å². The highest BCUT2D eigenvalue weighted by atomic mass is 32.1. The number of aromatic nitrogens is 2. The lowest BCUT2D eigenvalue weighted by molar-refractivity contribution is 1.22. The zero-order valence-corrected chi connectivity index (χ0v) is 13.1. The van der Waals surface area contributed by atoms with E-state index in [1.165, 1.54) is 27.1 Å². The summed E-state index contributed by atoms with van der Waals surface area (Å²) in [6.45, 7) is 8.44. The Labute approximate surface area is 123 Å². The molecule has 0 radical (unpaired) electrons. The van der Waals surface area contributed by atoms with Crippen molar-refractivity contribution < 1.29 is 0 Å². The first-order valence-electron chi connectivity index (χ1n) is 6.75. The Morgan fingerprint density at radius 2 is 1.75 bits per heavy atom. The Bertz CT molecular complexity index is 725. The highest BCUT2D eigenvalue weighted by molar-refractivity contribution is 7.14. The minimum Gasteiger partial charge on any atom is -0.342 e. The van der Waals surface area contributed by atoms with Crippen LogP contribution in [0.3, 0.4) is 0 Å². The summed E-state index contributed by atoms with van der Waals surface area (Å²) >= 11 is 1.78. The van der Waals surface area contributed by atoms with E-state index in [0.29, 0.717) is 0 Å². The molecule has 3 heteroatoms. The lowest BCUT2D eigenvalue weighted by Crippen LogP contribution is -1.84. The lowest BCUT2D eigenvalue weighted by Gasteiger charge is -2.06. The Morgan fingerprint density at radius 1 is 1.05 bits per heavy atom. The molecule has 1 N–H and O–H groups in total. The van der Waals surface area contributed by atoms with Crippen LogP contribution >= 0.6 is 11.3 Å². The SMILES string of the molecule is Cc1cccc(C)c1-c1cc(-c2nc(C)c(C)[nH]2)cs1. The van der Waals surface area contributed by atoms with Gasteiger partial charge in [0.1, 0.15) is 5.82 Å². The van der Waals surface area contributed by atoms with E-state index in [9.17, 15) is 0 Å². The van der Waals surface area contributed by atoms with Crippen molar-refractivity contribution in [1.29, 1.82) is 0 Å². The maximum absolute atomic E-state index is 4.58. The van der Waals surface area contributed by atoms with E-state index in [2.05, 4.69) is 60.4 Å². The van der Waals surface area contributed by atoms with Crippen molar-refractivity contribution in [2.75, 3.05) is 0 Å². The standard InChI is InChI=1S/C17H18N2S/c1-10-6-5-7-11(2)16(10)15-8-14(9-20-15)17-18-12(3)13(4)19-17/h5-9H,1-4H3,(H,18,19). The lowest BCUT2D eigenvalue weighted by atomic mass is 10.0. The van der Waals surface area contributed by atoms with Crippen LogP contribution in [0.1, 0.15) is 22.5 Å². The average Bonchev–Trinajstić information content (AvgIpc) is 2.98. The van der Waals surface area contributed by atoms with E-state index in [4.69, 9.17) is 0 Å². The number of hydrogen-bond acceptors (Lipinski definition) is 2. The molecule has 0 saturated heterocycles. The normalized spacial score (nSPS) is 11.0. The summed E-state index contributed by atoms with van der Waals surface area (Å²) in [6.07, 6.45) is 0. The molecule has 1 aromatic carbocycles. The largest absolute Gasteiger partial charge is 0.342 e. The van der Waals surface area contributed by atoms with E-state index in [1.807, 2.05) is 6.92 Å².